The van der Waals surface area contributed by atoms with E-state index in [0.717, 1.165) is 5.56 Å². The molecule has 0 aliphatic carbocycles. The summed E-state index contributed by atoms with van der Waals surface area (Å²) >= 11 is 0. The molecule has 0 saturated carbocycles. The standard InChI is InChI=1S/C24H16/c1(9-19-13-7-15-21-11-3-5-17-23(19)21)2-10-20-14-8-16-22-12-4-6-18-24(20)22/h1,3-9,11-18H/b9-1-. The smallest absolute Gasteiger partial charge is 0.0327 e. The monoisotopic (exact) mass is 304 g/mol. The maximum Gasteiger partial charge on any atom is 0.0327 e. The number of allylic oxidation sites excluding steroid dienone is 1. The minimum absolute atomic E-state index is 1.07. The molecular weight excluding hydrogens is 288 g/mol. The Hall–Kier alpha value is -3.30. The molecule has 0 heterocycles. The summed E-state index contributed by atoms with van der Waals surface area (Å²) in [7, 11) is 0. The van der Waals surface area contributed by atoms with E-state index >= 15 is 0 Å². The minimum Gasteiger partial charge on any atom is -0.0696 e. The Labute approximate surface area is 142 Å². The molecule has 0 fully saturated rings. The highest BCUT2D eigenvalue weighted by molar-refractivity contribution is 5.91. The Morgan fingerprint density at radius 2 is 1.21 bits per heavy atom. The van der Waals surface area contributed by atoms with Crippen LogP contribution in [0.2, 0.25) is 0 Å². The molecule has 0 spiro atoms. The fourth-order valence-electron chi connectivity index (χ4n) is 2.98. The quantitative estimate of drug-likeness (QED) is 0.375. The summed E-state index contributed by atoms with van der Waals surface area (Å²) in [5.41, 5.74) is 2.26. The molecule has 4 aromatic carbocycles. The molecule has 24 heavy (non-hydrogen) atoms. The second-order valence-electron chi connectivity index (χ2n) is 5.70. The Morgan fingerprint density at radius 3 is 2.04 bits per heavy atom. The highest BCUT2D eigenvalue weighted by Gasteiger charge is 1.96. The van der Waals surface area contributed by atoms with Crippen LogP contribution in [0.4, 0.5) is 0 Å². The van der Waals surface area contributed by atoms with E-state index < -0.39 is 0 Å². The van der Waals surface area contributed by atoms with Gasteiger partial charge in [-0.3, -0.25) is 0 Å². The molecule has 0 atom stereocenters. The van der Waals surface area contributed by atoms with Crippen molar-refractivity contribution in [1.29, 1.82) is 0 Å². The summed E-state index contributed by atoms with van der Waals surface area (Å²) in [4.78, 5) is 0. The lowest BCUT2D eigenvalue weighted by Gasteiger charge is -2.00. The molecule has 0 aliphatic heterocycles. The van der Waals surface area contributed by atoms with Gasteiger partial charge in [0.1, 0.15) is 0 Å². The second kappa shape index (κ2) is 6.44. The molecular formula is C24H16. The summed E-state index contributed by atoms with van der Waals surface area (Å²) in [6, 6.07) is 29.3. The molecule has 0 unspecified atom stereocenters. The third-order valence-corrected chi connectivity index (χ3v) is 4.17. The Bertz CT molecular complexity index is 1090. The second-order valence-corrected chi connectivity index (χ2v) is 5.70. The van der Waals surface area contributed by atoms with Crippen molar-refractivity contribution in [2.75, 3.05) is 0 Å². The Balaban J connectivity index is 1.67. The van der Waals surface area contributed by atoms with Gasteiger partial charge in [0.05, 0.1) is 0 Å². The highest BCUT2D eigenvalue weighted by Crippen LogP contribution is 2.20. The summed E-state index contributed by atoms with van der Waals surface area (Å²) in [5.74, 6) is 6.45. The molecule has 0 amide bonds. The van der Waals surface area contributed by atoms with Crippen molar-refractivity contribution >= 4 is 27.6 Å². The summed E-state index contributed by atoms with van der Waals surface area (Å²) in [6.45, 7) is 0. The van der Waals surface area contributed by atoms with Crippen LogP contribution in [0.25, 0.3) is 27.6 Å². The van der Waals surface area contributed by atoms with Crippen molar-refractivity contribution < 1.29 is 0 Å². The van der Waals surface area contributed by atoms with Crippen molar-refractivity contribution in [1.82, 2.24) is 0 Å². The van der Waals surface area contributed by atoms with Crippen LogP contribution in [0, 0.1) is 11.8 Å². The fourth-order valence-corrected chi connectivity index (χ4v) is 2.98. The van der Waals surface area contributed by atoms with E-state index in [1.807, 2.05) is 6.08 Å². The molecule has 112 valence electrons. The van der Waals surface area contributed by atoms with Crippen LogP contribution in [0.15, 0.2) is 91.0 Å². The predicted molar refractivity (Wildman–Crippen MR) is 104 cm³/mol. The average Bonchev–Trinajstić information content (AvgIpc) is 2.65. The first kappa shape index (κ1) is 14.3. The average molecular weight is 304 g/mol. The van der Waals surface area contributed by atoms with Crippen molar-refractivity contribution in [2.24, 2.45) is 0 Å². The first-order valence-corrected chi connectivity index (χ1v) is 8.05. The third kappa shape index (κ3) is 2.81. The van der Waals surface area contributed by atoms with Gasteiger partial charge in [-0.25, -0.2) is 0 Å². The minimum atomic E-state index is 1.07. The lowest BCUT2D eigenvalue weighted by Crippen LogP contribution is -1.78. The molecule has 0 N–H and O–H groups in total. The lowest BCUT2D eigenvalue weighted by atomic mass is 10.0. The van der Waals surface area contributed by atoms with E-state index in [4.69, 9.17) is 0 Å². The molecule has 0 aromatic heterocycles. The summed E-state index contributed by atoms with van der Waals surface area (Å²) in [5, 5.41) is 4.93. The van der Waals surface area contributed by atoms with Crippen LogP contribution < -0.4 is 0 Å². The topological polar surface area (TPSA) is 0 Å². The van der Waals surface area contributed by atoms with Crippen LogP contribution in [0.3, 0.4) is 0 Å². The van der Waals surface area contributed by atoms with Crippen molar-refractivity contribution in [2.45, 2.75) is 0 Å². The van der Waals surface area contributed by atoms with E-state index in [1.165, 1.54) is 27.1 Å². The highest BCUT2D eigenvalue weighted by atomic mass is 14.0. The van der Waals surface area contributed by atoms with Crippen molar-refractivity contribution in [3.8, 4) is 11.8 Å². The number of rotatable bonds is 1. The zero-order valence-electron chi connectivity index (χ0n) is 13.2. The molecule has 4 aromatic rings. The van der Waals surface area contributed by atoms with Crippen LogP contribution in [0.5, 0.6) is 0 Å². The van der Waals surface area contributed by atoms with Gasteiger partial charge in [-0.2, -0.15) is 0 Å². The summed E-state index contributed by atoms with van der Waals surface area (Å²) < 4.78 is 0. The Morgan fingerprint density at radius 1 is 0.583 bits per heavy atom. The SMILES string of the molecule is C(#Cc1cccc2ccccc12)/C=C\c1cccc2ccccc12. The van der Waals surface area contributed by atoms with Crippen molar-refractivity contribution in [3.05, 3.63) is 102 Å². The molecule has 0 nitrogen and oxygen atoms in total. The maximum absolute atomic E-state index is 3.27. The van der Waals surface area contributed by atoms with Crippen LogP contribution in [-0.4, -0.2) is 0 Å². The number of benzene rings is 4. The number of hydrogen-bond donors (Lipinski definition) is 0. The Kier molecular flexibility index (Phi) is 3.84. The molecule has 4 rings (SSSR count). The molecule has 0 aliphatic rings. The lowest BCUT2D eigenvalue weighted by molar-refractivity contribution is 1.70. The first-order chi connectivity index (χ1) is 11.9. The molecule has 0 heteroatoms. The van der Waals surface area contributed by atoms with Gasteiger partial charge in [0.15, 0.2) is 0 Å². The normalized spacial score (nSPS) is 10.8. The third-order valence-electron chi connectivity index (χ3n) is 4.17. The number of fused-ring (bicyclic) bond motifs is 2. The zero-order valence-corrected chi connectivity index (χ0v) is 13.2. The van der Waals surface area contributed by atoms with E-state index in [0.29, 0.717) is 0 Å². The van der Waals surface area contributed by atoms with Crippen LogP contribution >= 0.6 is 0 Å². The van der Waals surface area contributed by atoms with Crippen LogP contribution in [0.1, 0.15) is 11.1 Å². The van der Waals surface area contributed by atoms with E-state index in [9.17, 15) is 0 Å². The van der Waals surface area contributed by atoms with Gasteiger partial charge in [0.25, 0.3) is 0 Å². The first-order valence-electron chi connectivity index (χ1n) is 8.05. The van der Waals surface area contributed by atoms with Crippen LogP contribution in [-0.2, 0) is 0 Å². The van der Waals surface area contributed by atoms with Gasteiger partial charge in [0, 0.05) is 5.56 Å². The maximum atomic E-state index is 3.27. The molecule has 0 saturated heterocycles. The number of hydrogen-bond acceptors (Lipinski definition) is 0. The van der Waals surface area contributed by atoms with Gasteiger partial charge in [-0.15, -0.1) is 0 Å². The van der Waals surface area contributed by atoms with Gasteiger partial charge in [-0.05, 0) is 45.3 Å². The van der Waals surface area contributed by atoms with Gasteiger partial charge in [0.2, 0.25) is 0 Å². The van der Waals surface area contributed by atoms with E-state index in [1.54, 1.807) is 0 Å². The summed E-state index contributed by atoms with van der Waals surface area (Å²) in [6.07, 6.45) is 4.02. The molecule has 0 bridgehead atoms. The van der Waals surface area contributed by atoms with E-state index in [2.05, 4.69) is 103 Å². The van der Waals surface area contributed by atoms with Gasteiger partial charge in [-0.1, -0.05) is 90.7 Å². The van der Waals surface area contributed by atoms with Gasteiger partial charge < -0.3 is 0 Å². The zero-order chi connectivity index (χ0) is 16.2. The van der Waals surface area contributed by atoms with Gasteiger partial charge >= 0.3 is 0 Å². The van der Waals surface area contributed by atoms with Crippen molar-refractivity contribution in [3.63, 3.8) is 0 Å². The molecule has 0 radical (unpaired) electrons. The largest absolute Gasteiger partial charge is 0.0696 e. The fraction of sp³-hybridized carbons (Fsp3) is 0. The predicted octanol–water partition coefficient (Wildman–Crippen LogP) is 6.06. The van der Waals surface area contributed by atoms with E-state index in [-0.39, 0.29) is 0 Å².